The van der Waals surface area contributed by atoms with Gasteiger partial charge in [0.1, 0.15) is 0 Å². The van der Waals surface area contributed by atoms with Crippen molar-refractivity contribution in [1.29, 1.82) is 0 Å². The fourth-order valence-electron chi connectivity index (χ4n) is 2.19. The molecule has 0 aliphatic rings. The van der Waals surface area contributed by atoms with Gasteiger partial charge in [-0.05, 0) is 24.4 Å². The highest BCUT2D eigenvalue weighted by molar-refractivity contribution is 5.77. The molecule has 2 unspecified atom stereocenters. The second kappa shape index (κ2) is 9.13. The number of hydrogen-bond acceptors (Lipinski definition) is 3. The second-order valence-corrected chi connectivity index (χ2v) is 5.18. The zero-order valence-corrected chi connectivity index (χ0v) is 12.4. The van der Waals surface area contributed by atoms with Crippen LogP contribution in [-0.4, -0.2) is 23.5 Å². The molecule has 0 aliphatic heterocycles. The summed E-state index contributed by atoms with van der Waals surface area (Å²) in [5.41, 5.74) is 6.54. The molecule has 5 nitrogen and oxygen atoms in total. The molecule has 0 saturated carbocycles. The highest BCUT2D eigenvalue weighted by Crippen LogP contribution is 2.19. The number of benzene rings is 1. The summed E-state index contributed by atoms with van der Waals surface area (Å²) in [7, 11) is 0. The van der Waals surface area contributed by atoms with Crippen molar-refractivity contribution in [2.75, 3.05) is 6.54 Å². The molecule has 0 heterocycles. The SMILES string of the molecule is CCC(CN)CC(=O)NC(CCC(=O)O)c1ccccc1. The molecule has 0 aliphatic carbocycles. The Kier molecular flexibility index (Phi) is 7.46. The topological polar surface area (TPSA) is 92.4 Å². The number of amides is 1. The minimum atomic E-state index is -0.862. The Labute approximate surface area is 125 Å². The summed E-state index contributed by atoms with van der Waals surface area (Å²) in [5, 5.41) is 11.8. The lowest BCUT2D eigenvalue weighted by molar-refractivity contribution is -0.137. The summed E-state index contributed by atoms with van der Waals surface area (Å²) in [5.74, 6) is -0.772. The van der Waals surface area contributed by atoms with Crippen molar-refractivity contribution < 1.29 is 14.7 Å². The molecule has 0 fully saturated rings. The average Bonchev–Trinajstić information content (AvgIpc) is 2.49. The summed E-state index contributed by atoms with van der Waals surface area (Å²) in [4.78, 5) is 22.8. The van der Waals surface area contributed by atoms with E-state index in [-0.39, 0.29) is 24.3 Å². The quantitative estimate of drug-likeness (QED) is 0.649. The van der Waals surface area contributed by atoms with Gasteiger partial charge >= 0.3 is 5.97 Å². The monoisotopic (exact) mass is 292 g/mol. The first-order chi connectivity index (χ1) is 10.1. The van der Waals surface area contributed by atoms with Crippen LogP contribution in [0.2, 0.25) is 0 Å². The lowest BCUT2D eigenvalue weighted by Gasteiger charge is -2.20. The number of hydrogen-bond donors (Lipinski definition) is 3. The van der Waals surface area contributed by atoms with Crippen molar-refractivity contribution in [3.05, 3.63) is 35.9 Å². The predicted molar refractivity (Wildman–Crippen MR) is 81.6 cm³/mol. The molecule has 0 saturated heterocycles. The Balaban J connectivity index is 2.68. The number of nitrogens with two attached hydrogens (primary N) is 1. The third kappa shape index (κ3) is 6.40. The van der Waals surface area contributed by atoms with Gasteiger partial charge in [0.05, 0.1) is 6.04 Å². The van der Waals surface area contributed by atoms with Crippen molar-refractivity contribution in [2.45, 2.75) is 38.6 Å². The normalized spacial score (nSPS) is 13.4. The predicted octanol–water partition coefficient (Wildman–Crippen LogP) is 2.08. The molecule has 116 valence electrons. The first kappa shape index (κ1) is 17.2. The van der Waals surface area contributed by atoms with E-state index in [4.69, 9.17) is 10.8 Å². The van der Waals surface area contributed by atoms with E-state index >= 15 is 0 Å². The lowest BCUT2D eigenvalue weighted by Crippen LogP contribution is -2.31. The van der Waals surface area contributed by atoms with Crippen LogP contribution in [0.15, 0.2) is 30.3 Å². The Hall–Kier alpha value is -1.88. The summed E-state index contributed by atoms with van der Waals surface area (Å²) in [6.07, 6.45) is 1.64. The molecule has 0 spiro atoms. The van der Waals surface area contributed by atoms with Gasteiger partial charge < -0.3 is 16.2 Å². The highest BCUT2D eigenvalue weighted by Gasteiger charge is 2.17. The fraction of sp³-hybridized carbons (Fsp3) is 0.500. The van der Waals surface area contributed by atoms with Crippen LogP contribution >= 0.6 is 0 Å². The molecular formula is C16H24N2O3. The molecule has 1 amide bonds. The molecular weight excluding hydrogens is 268 g/mol. The number of rotatable bonds is 9. The highest BCUT2D eigenvalue weighted by atomic mass is 16.4. The van der Waals surface area contributed by atoms with Gasteiger partial charge in [0.2, 0.25) is 5.91 Å². The van der Waals surface area contributed by atoms with Gasteiger partial charge in [-0.3, -0.25) is 9.59 Å². The molecule has 2 atom stereocenters. The van der Waals surface area contributed by atoms with Gasteiger partial charge in [-0.15, -0.1) is 0 Å². The zero-order chi connectivity index (χ0) is 15.7. The van der Waals surface area contributed by atoms with E-state index in [0.29, 0.717) is 19.4 Å². The molecule has 1 aromatic rings. The van der Waals surface area contributed by atoms with Crippen molar-refractivity contribution in [1.82, 2.24) is 5.32 Å². The van der Waals surface area contributed by atoms with Crippen molar-refractivity contribution >= 4 is 11.9 Å². The maximum Gasteiger partial charge on any atom is 0.303 e. The fourth-order valence-corrected chi connectivity index (χ4v) is 2.19. The van der Waals surface area contributed by atoms with Crippen LogP contribution < -0.4 is 11.1 Å². The number of carboxylic acids is 1. The smallest absolute Gasteiger partial charge is 0.303 e. The van der Waals surface area contributed by atoms with Gasteiger partial charge in [-0.2, -0.15) is 0 Å². The second-order valence-electron chi connectivity index (χ2n) is 5.18. The summed E-state index contributed by atoms with van der Waals surface area (Å²) >= 11 is 0. The van der Waals surface area contributed by atoms with Gasteiger partial charge in [-0.25, -0.2) is 0 Å². The molecule has 0 radical (unpaired) electrons. The van der Waals surface area contributed by atoms with E-state index in [0.717, 1.165) is 12.0 Å². The van der Waals surface area contributed by atoms with E-state index < -0.39 is 5.97 Å². The van der Waals surface area contributed by atoms with E-state index in [1.165, 1.54) is 0 Å². The molecule has 1 rings (SSSR count). The number of aliphatic carboxylic acids is 1. The summed E-state index contributed by atoms with van der Waals surface area (Å²) in [6, 6.07) is 9.17. The molecule has 5 heteroatoms. The molecule has 0 aromatic heterocycles. The van der Waals surface area contributed by atoms with Crippen LogP contribution in [0.1, 0.15) is 44.2 Å². The number of carboxylic acid groups (broad SMARTS) is 1. The summed E-state index contributed by atoms with van der Waals surface area (Å²) < 4.78 is 0. The van der Waals surface area contributed by atoms with Gasteiger partial charge in [-0.1, -0.05) is 43.7 Å². The Morgan fingerprint density at radius 1 is 1.29 bits per heavy atom. The van der Waals surface area contributed by atoms with E-state index in [2.05, 4.69) is 5.32 Å². The molecule has 21 heavy (non-hydrogen) atoms. The van der Waals surface area contributed by atoms with Crippen LogP contribution in [-0.2, 0) is 9.59 Å². The standard InChI is InChI=1S/C16H24N2O3/c1-2-12(11-17)10-15(19)18-14(8-9-16(20)21)13-6-4-3-5-7-13/h3-7,12,14H,2,8-11,17H2,1H3,(H,18,19)(H,20,21). The van der Waals surface area contributed by atoms with Gasteiger partial charge in [0.15, 0.2) is 0 Å². The van der Waals surface area contributed by atoms with Crippen LogP contribution in [0.3, 0.4) is 0 Å². The minimum Gasteiger partial charge on any atom is -0.481 e. The van der Waals surface area contributed by atoms with Crippen molar-refractivity contribution in [3.8, 4) is 0 Å². The number of carbonyl (C=O) groups excluding carboxylic acids is 1. The molecule has 4 N–H and O–H groups in total. The van der Waals surface area contributed by atoms with Crippen molar-refractivity contribution in [2.24, 2.45) is 11.7 Å². The van der Waals surface area contributed by atoms with Gasteiger partial charge in [0, 0.05) is 12.8 Å². The van der Waals surface area contributed by atoms with Crippen LogP contribution in [0, 0.1) is 5.92 Å². The van der Waals surface area contributed by atoms with Crippen LogP contribution in [0.4, 0.5) is 0 Å². The maximum absolute atomic E-state index is 12.1. The number of nitrogens with one attached hydrogen (secondary N) is 1. The van der Waals surface area contributed by atoms with Crippen LogP contribution in [0.5, 0.6) is 0 Å². The van der Waals surface area contributed by atoms with Crippen LogP contribution in [0.25, 0.3) is 0 Å². The van der Waals surface area contributed by atoms with E-state index in [1.54, 1.807) is 0 Å². The lowest BCUT2D eigenvalue weighted by atomic mass is 9.99. The Morgan fingerprint density at radius 3 is 2.48 bits per heavy atom. The van der Waals surface area contributed by atoms with Gasteiger partial charge in [0.25, 0.3) is 0 Å². The Morgan fingerprint density at radius 2 is 1.95 bits per heavy atom. The van der Waals surface area contributed by atoms with Crippen molar-refractivity contribution in [3.63, 3.8) is 0 Å². The van der Waals surface area contributed by atoms with E-state index in [1.807, 2.05) is 37.3 Å². The molecule has 1 aromatic carbocycles. The average molecular weight is 292 g/mol. The largest absolute Gasteiger partial charge is 0.481 e. The summed E-state index contributed by atoms with van der Waals surface area (Å²) in [6.45, 7) is 2.49. The first-order valence-corrected chi connectivity index (χ1v) is 7.33. The minimum absolute atomic E-state index is 0.0218. The Bertz CT molecular complexity index is 444. The third-order valence-electron chi connectivity index (χ3n) is 3.57. The number of carbonyl (C=O) groups is 2. The van der Waals surface area contributed by atoms with E-state index in [9.17, 15) is 9.59 Å². The third-order valence-corrected chi connectivity index (χ3v) is 3.57. The molecule has 0 bridgehead atoms. The maximum atomic E-state index is 12.1. The zero-order valence-electron chi connectivity index (χ0n) is 12.4. The first-order valence-electron chi connectivity index (χ1n) is 7.33.